The average Bonchev–Trinajstić information content (AvgIpc) is 2.96. The minimum atomic E-state index is 0.244. The molecule has 1 aliphatic rings. The molecule has 1 atom stereocenters. The van der Waals surface area contributed by atoms with Crippen molar-refractivity contribution in [2.45, 2.75) is 51.1 Å². The van der Waals surface area contributed by atoms with Crippen molar-refractivity contribution >= 4 is 0 Å². The first-order valence-electron chi connectivity index (χ1n) is 7.52. The molecular formula is C16H26N2O. The van der Waals surface area contributed by atoms with Crippen molar-refractivity contribution < 1.29 is 4.74 Å². The summed E-state index contributed by atoms with van der Waals surface area (Å²) in [6.45, 7) is 3.52. The smallest absolute Gasteiger partial charge is 0.119 e. The van der Waals surface area contributed by atoms with Crippen LogP contribution in [-0.4, -0.2) is 19.2 Å². The van der Waals surface area contributed by atoms with Crippen LogP contribution in [0.1, 0.15) is 50.6 Å². The largest absolute Gasteiger partial charge is 0.494 e. The van der Waals surface area contributed by atoms with Gasteiger partial charge in [-0.05, 0) is 37.0 Å². The van der Waals surface area contributed by atoms with E-state index in [4.69, 9.17) is 10.5 Å². The van der Waals surface area contributed by atoms with Crippen LogP contribution in [0.3, 0.4) is 0 Å². The van der Waals surface area contributed by atoms with Gasteiger partial charge in [-0.2, -0.15) is 0 Å². The van der Waals surface area contributed by atoms with Gasteiger partial charge in [0.05, 0.1) is 6.61 Å². The molecule has 0 spiro atoms. The maximum atomic E-state index is 5.93. The van der Waals surface area contributed by atoms with Crippen molar-refractivity contribution in [3.8, 4) is 5.75 Å². The summed E-state index contributed by atoms with van der Waals surface area (Å²) >= 11 is 0. The Morgan fingerprint density at radius 3 is 2.84 bits per heavy atom. The second-order valence-electron chi connectivity index (χ2n) is 5.36. The van der Waals surface area contributed by atoms with Gasteiger partial charge < -0.3 is 15.8 Å². The van der Waals surface area contributed by atoms with Gasteiger partial charge in [-0.25, -0.2) is 0 Å². The van der Waals surface area contributed by atoms with Crippen LogP contribution in [0.25, 0.3) is 0 Å². The highest BCUT2D eigenvalue weighted by Gasteiger charge is 2.19. The minimum Gasteiger partial charge on any atom is -0.494 e. The second kappa shape index (κ2) is 7.51. The first kappa shape index (κ1) is 14.4. The van der Waals surface area contributed by atoms with Crippen molar-refractivity contribution in [2.24, 2.45) is 5.73 Å². The van der Waals surface area contributed by atoms with E-state index in [0.717, 1.165) is 18.8 Å². The zero-order valence-corrected chi connectivity index (χ0v) is 11.9. The van der Waals surface area contributed by atoms with E-state index in [1.807, 2.05) is 6.07 Å². The fourth-order valence-corrected chi connectivity index (χ4v) is 2.72. The number of nitrogens with one attached hydrogen (secondary N) is 1. The zero-order valence-electron chi connectivity index (χ0n) is 11.9. The molecule has 1 saturated carbocycles. The molecule has 0 saturated heterocycles. The Morgan fingerprint density at radius 2 is 2.16 bits per heavy atom. The van der Waals surface area contributed by atoms with E-state index in [9.17, 15) is 0 Å². The molecule has 1 aromatic carbocycles. The highest BCUT2D eigenvalue weighted by atomic mass is 16.5. The minimum absolute atomic E-state index is 0.244. The third kappa shape index (κ3) is 4.22. The molecule has 2 rings (SSSR count). The number of benzene rings is 1. The lowest BCUT2D eigenvalue weighted by atomic mass is 10.0. The third-order valence-electron chi connectivity index (χ3n) is 3.76. The summed E-state index contributed by atoms with van der Waals surface area (Å²) in [7, 11) is 0. The number of ether oxygens (including phenoxy) is 1. The van der Waals surface area contributed by atoms with Crippen LogP contribution in [0.2, 0.25) is 0 Å². The van der Waals surface area contributed by atoms with Crippen molar-refractivity contribution in [1.82, 2.24) is 5.32 Å². The van der Waals surface area contributed by atoms with Gasteiger partial charge in [0, 0.05) is 18.6 Å². The van der Waals surface area contributed by atoms with Gasteiger partial charge in [-0.3, -0.25) is 0 Å². The monoisotopic (exact) mass is 262 g/mol. The molecule has 0 aromatic heterocycles. The van der Waals surface area contributed by atoms with Gasteiger partial charge in [0.1, 0.15) is 5.75 Å². The standard InChI is InChI=1S/C16H26N2O/c1-2-10-19-15-9-5-6-13(11-15)16(12-17)18-14-7-3-4-8-14/h5-6,9,11,14,16,18H,2-4,7-8,10,12,17H2,1H3. The van der Waals surface area contributed by atoms with Crippen LogP contribution in [0, 0.1) is 0 Å². The van der Waals surface area contributed by atoms with Crippen LogP contribution < -0.4 is 15.8 Å². The number of hydrogen-bond donors (Lipinski definition) is 2. The zero-order chi connectivity index (χ0) is 13.5. The first-order chi connectivity index (χ1) is 9.33. The quantitative estimate of drug-likeness (QED) is 0.794. The summed E-state index contributed by atoms with van der Waals surface area (Å²) in [6.07, 6.45) is 6.28. The number of nitrogens with two attached hydrogens (primary N) is 1. The first-order valence-corrected chi connectivity index (χ1v) is 7.52. The van der Waals surface area contributed by atoms with Crippen molar-refractivity contribution in [3.63, 3.8) is 0 Å². The van der Waals surface area contributed by atoms with Crippen LogP contribution in [0.4, 0.5) is 0 Å². The summed E-state index contributed by atoms with van der Waals surface area (Å²) in [6, 6.07) is 9.21. The van der Waals surface area contributed by atoms with E-state index in [1.54, 1.807) is 0 Å². The molecule has 1 unspecified atom stereocenters. The Morgan fingerprint density at radius 1 is 1.37 bits per heavy atom. The highest BCUT2D eigenvalue weighted by molar-refractivity contribution is 5.31. The normalized spacial score (nSPS) is 17.6. The maximum absolute atomic E-state index is 5.93. The van der Waals surface area contributed by atoms with E-state index in [2.05, 4.69) is 30.4 Å². The SMILES string of the molecule is CCCOc1cccc(C(CN)NC2CCCC2)c1. The lowest BCUT2D eigenvalue weighted by Gasteiger charge is -2.22. The van der Waals surface area contributed by atoms with Gasteiger partial charge in [0.15, 0.2) is 0 Å². The van der Waals surface area contributed by atoms with E-state index < -0.39 is 0 Å². The fraction of sp³-hybridized carbons (Fsp3) is 0.625. The predicted molar refractivity (Wildman–Crippen MR) is 79.4 cm³/mol. The molecule has 19 heavy (non-hydrogen) atoms. The number of rotatable bonds is 7. The Labute approximate surface area is 116 Å². The summed E-state index contributed by atoms with van der Waals surface area (Å²) in [5.41, 5.74) is 7.17. The van der Waals surface area contributed by atoms with Crippen LogP contribution in [0.15, 0.2) is 24.3 Å². The maximum Gasteiger partial charge on any atom is 0.119 e. The second-order valence-corrected chi connectivity index (χ2v) is 5.36. The van der Waals surface area contributed by atoms with Gasteiger partial charge in [0.2, 0.25) is 0 Å². The summed E-state index contributed by atoms with van der Waals surface area (Å²) in [5.74, 6) is 0.950. The molecule has 3 N–H and O–H groups in total. The van der Waals surface area contributed by atoms with Crippen molar-refractivity contribution in [2.75, 3.05) is 13.2 Å². The number of hydrogen-bond acceptors (Lipinski definition) is 3. The molecular weight excluding hydrogens is 236 g/mol. The van der Waals surface area contributed by atoms with Crippen molar-refractivity contribution in [1.29, 1.82) is 0 Å². The van der Waals surface area contributed by atoms with Gasteiger partial charge in [-0.15, -0.1) is 0 Å². The van der Waals surface area contributed by atoms with Gasteiger partial charge in [0.25, 0.3) is 0 Å². The molecule has 3 nitrogen and oxygen atoms in total. The summed E-state index contributed by atoms with van der Waals surface area (Å²) in [5, 5.41) is 3.68. The van der Waals surface area contributed by atoms with E-state index in [-0.39, 0.29) is 6.04 Å². The Balaban J connectivity index is 2.00. The third-order valence-corrected chi connectivity index (χ3v) is 3.76. The van der Waals surface area contributed by atoms with Gasteiger partial charge in [-0.1, -0.05) is 31.9 Å². The van der Waals surface area contributed by atoms with Crippen LogP contribution in [-0.2, 0) is 0 Å². The summed E-state index contributed by atoms with van der Waals surface area (Å²) in [4.78, 5) is 0. The molecule has 0 heterocycles. The van der Waals surface area contributed by atoms with Crippen molar-refractivity contribution in [3.05, 3.63) is 29.8 Å². The lowest BCUT2D eigenvalue weighted by Crippen LogP contribution is -2.35. The lowest BCUT2D eigenvalue weighted by molar-refractivity contribution is 0.316. The Hall–Kier alpha value is -1.06. The van der Waals surface area contributed by atoms with Crippen LogP contribution >= 0.6 is 0 Å². The molecule has 0 bridgehead atoms. The molecule has 106 valence electrons. The molecule has 0 aliphatic heterocycles. The molecule has 3 heteroatoms. The highest BCUT2D eigenvalue weighted by Crippen LogP contribution is 2.24. The van der Waals surface area contributed by atoms with E-state index in [0.29, 0.717) is 12.6 Å². The van der Waals surface area contributed by atoms with E-state index >= 15 is 0 Å². The van der Waals surface area contributed by atoms with Crippen LogP contribution in [0.5, 0.6) is 5.75 Å². The topological polar surface area (TPSA) is 47.3 Å². The molecule has 1 aliphatic carbocycles. The fourth-order valence-electron chi connectivity index (χ4n) is 2.72. The summed E-state index contributed by atoms with van der Waals surface area (Å²) < 4.78 is 5.69. The molecule has 1 fully saturated rings. The predicted octanol–water partition coefficient (Wildman–Crippen LogP) is 3.01. The average molecular weight is 262 g/mol. The Kier molecular flexibility index (Phi) is 5.67. The molecule has 1 aromatic rings. The molecule has 0 radical (unpaired) electrons. The Bertz CT molecular complexity index is 375. The van der Waals surface area contributed by atoms with Gasteiger partial charge >= 0.3 is 0 Å². The van der Waals surface area contributed by atoms with E-state index in [1.165, 1.54) is 31.2 Å². The molecule has 0 amide bonds.